The molecule has 0 unspecified atom stereocenters. The summed E-state index contributed by atoms with van der Waals surface area (Å²) in [5, 5.41) is 0. The Hall–Kier alpha value is -3.81. The Bertz CT molecular complexity index is 1140. The molecule has 0 bridgehead atoms. The van der Waals surface area contributed by atoms with Crippen molar-refractivity contribution in [2.24, 2.45) is 10.8 Å². The van der Waals surface area contributed by atoms with Crippen LogP contribution >= 0.6 is 0 Å². The number of hydrogen-bond donors (Lipinski definition) is 0. The first-order valence-electron chi connectivity index (χ1n) is 12.4. The summed E-state index contributed by atoms with van der Waals surface area (Å²) < 4.78 is 27.3. The minimum Gasteiger partial charge on any atom is -0.496 e. The van der Waals surface area contributed by atoms with Gasteiger partial charge in [-0.25, -0.2) is 0 Å². The number of ketones is 1. The summed E-state index contributed by atoms with van der Waals surface area (Å²) in [6.07, 6.45) is 3.87. The van der Waals surface area contributed by atoms with E-state index in [0.29, 0.717) is 22.6 Å². The van der Waals surface area contributed by atoms with E-state index in [9.17, 15) is 14.4 Å². The molecule has 0 radical (unpaired) electrons. The van der Waals surface area contributed by atoms with Gasteiger partial charge in [0.1, 0.15) is 17.2 Å². The number of carbonyl (C=O) groups is 3. The molecular formula is C30H38O8. The van der Waals surface area contributed by atoms with Crippen LogP contribution in [0.2, 0.25) is 0 Å². The van der Waals surface area contributed by atoms with Gasteiger partial charge in [-0.3, -0.25) is 14.4 Å². The molecule has 0 atom stereocenters. The lowest BCUT2D eigenvalue weighted by Crippen LogP contribution is -2.37. The van der Waals surface area contributed by atoms with Crippen molar-refractivity contribution in [2.45, 2.75) is 61.4 Å². The number of ether oxygens (including phenoxy) is 5. The summed E-state index contributed by atoms with van der Waals surface area (Å²) in [4.78, 5) is 37.7. The minimum atomic E-state index is -1.58. The molecule has 38 heavy (non-hydrogen) atoms. The molecule has 0 amide bonds. The first-order valence-corrected chi connectivity index (χ1v) is 12.4. The van der Waals surface area contributed by atoms with Crippen LogP contribution in [0.15, 0.2) is 42.5 Å². The Balaban J connectivity index is 2.23. The van der Waals surface area contributed by atoms with Crippen molar-refractivity contribution in [1.29, 1.82) is 0 Å². The van der Waals surface area contributed by atoms with Crippen molar-refractivity contribution in [3.8, 4) is 17.2 Å². The normalized spacial score (nSPS) is 11.8. The second-order valence-corrected chi connectivity index (χ2v) is 10.7. The fourth-order valence-corrected chi connectivity index (χ4v) is 3.15. The van der Waals surface area contributed by atoms with Gasteiger partial charge in [0.2, 0.25) is 0 Å². The maximum atomic E-state index is 12.9. The number of benzene rings is 2. The van der Waals surface area contributed by atoms with Crippen molar-refractivity contribution in [3.05, 3.63) is 59.2 Å². The summed E-state index contributed by atoms with van der Waals surface area (Å²) in [5.74, 6) is 0.0430. The van der Waals surface area contributed by atoms with Gasteiger partial charge in [0.15, 0.2) is 5.78 Å². The number of allylic oxidation sites excluding steroid dienone is 1. The molecular weight excluding hydrogens is 488 g/mol. The van der Waals surface area contributed by atoms with Crippen molar-refractivity contribution in [1.82, 2.24) is 0 Å². The Labute approximate surface area is 224 Å². The van der Waals surface area contributed by atoms with E-state index in [1.165, 1.54) is 18.2 Å². The molecule has 0 aliphatic rings. The highest BCUT2D eigenvalue weighted by molar-refractivity contribution is 6.07. The van der Waals surface area contributed by atoms with E-state index in [1.807, 2.05) is 19.1 Å². The standard InChI is InChI=1S/C30H38O8/c1-10-19-13-18-24(34-8)22(25(19)35-9)16-17-23(31)20-11-14-21(15-12-20)36-28(37-26(32)29(2,3)4)38-27(33)30(5,6)7/h11-18,28H,10H2,1-9H3. The molecule has 0 saturated carbocycles. The molecule has 2 aromatic rings. The Morgan fingerprint density at radius 2 is 1.37 bits per heavy atom. The summed E-state index contributed by atoms with van der Waals surface area (Å²) >= 11 is 0. The summed E-state index contributed by atoms with van der Waals surface area (Å²) in [6.45, 7) is 10.5. The molecule has 0 heterocycles. The Kier molecular flexibility index (Phi) is 10.1. The summed E-state index contributed by atoms with van der Waals surface area (Å²) in [6, 6.07) is 9.96. The molecule has 0 N–H and O–H groups in total. The minimum absolute atomic E-state index is 0.248. The van der Waals surface area contributed by atoms with E-state index in [4.69, 9.17) is 23.7 Å². The van der Waals surface area contributed by atoms with Crippen LogP contribution in [0.5, 0.6) is 17.2 Å². The monoisotopic (exact) mass is 526 g/mol. The number of aryl methyl sites for hydroxylation is 1. The Morgan fingerprint density at radius 1 is 0.816 bits per heavy atom. The second-order valence-electron chi connectivity index (χ2n) is 10.7. The van der Waals surface area contributed by atoms with Crippen LogP contribution in [0.25, 0.3) is 6.08 Å². The van der Waals surface area contributed by atoms with Crippen LogP contribution in [0.4, 0.5) is 0 Å². The zero-order valence-electron chi connectivity index (χ0n) is 23.7. The molecule has 2 aromatic carbocycles. The van der Waals surface area contributed by atoms with E-state index in [2.05, 4.69) is 0 Å². The van der Waals surface area contributed by atoms with Gasteiger partial charge in [0.25, 0.3) is 0 Å². The quantitative estimate of drug-likeness (QED) is 0.161. The van der Waals surface area contributed by atoms with Crippen molar-refractivity contribution in [3.63, 3.8) is 0 Å². The number of esters is 2. The predicted octanol–water partition coefficient (Wildman–Crippen LogP) is 6.00. The topological polar surface area (TPSA) is 97.4 Å². The third kappa shape index (κ3) is 8.10. The van der Waals surface area contributed by atoms with Crippen molar-refractivity contribution >= 4 is 23.8 Å². The SMILES string of the molecule is CCc1ccc(OC)c(C=CC(=O)c2ccc(OC(OC(=O)C(C)(C)C)OC(=O)C(C)(C)C)cc2)c1OC. The van der Waals surface area contributed by atoms with Gasteiger partial charge in [0.05, 0.1) is 30.6 Å². The Morgan fingerprint density at radius 3 is 1.82 bits per heavy atom. The lowest BCUT2D eigenvalue weighted by molar-refractivity contribution is -0.244. The fraction of sp³-hybridized carbons (Fsp3) is 0.433. The first kappa shape index (κ1) is 30.4. The molecule has 8 heteroatoms. The van der Waals surface area contributed by atoms with Crippen molar-refractivity contribution < 1.29 is 38.1 Å². The van der Waals surface area contributed by atoms with Gasteiger partial charge in [0, 0.05) is 5.56 Å². The molecule has 0 aliphatic carbocycles. The van der Waals surface area contributed by atoms with Crippen LogP contribution in [-0.4, -0.2) is 38.4 Å². The molecule has 0 aliphatic heterocycles. The van der Waals surface area contributed by atoms with Crippen LogP contribution in [0.1, 0.15) is 70.0 Å². The van der Waals surface area contributed by atoms with Crippen LogP contribution in [0.3, 0.4) is 0 Å². The van der Waals surface area contributed by atoms with Crippen LogP contribution in [0, 0.1) is 10.8 Å². The fourth-order valence-electron chi connectivity index (χ4n) is 3.15. The lowest BCUT2D eigenvalue weighted by Gasteiger charge is -2.25. The molecule has 0 spiro atoms. The smallest absolute Gasteiger partial charge is 0.410 e. The number of carbonyl (C=O) groups excluding carboxylic acids is 3. The lowest BCUT2D eigenvalue weighted by atomic mass is 9.97. The summed E-state index contributed by atoms with van der Waals surface area (Å²) in [7, 11) is 3.14. The van der Waals surface area contributed by atoms with Gasteiger partial charge in [-0.05, 0) is 96.0 Å². The van der Waals surface area contributed by atoms with E-state index >= 15 is 0 Å². The second kappa shape index (κ2) is 12.6. The average molecular weight is 527 g/mol. The average Bonchev–Trinajstić information content (AvgIpc) is 2.85. The highest BCUT2D eigenvalue weighted by atomic mass is 16.9. The maximum absolute atomic E-state index is 12.9. The largest absolute Gasteiger partial charge is 0.496 e. The molecule has 8 nitrogen and oxygen atoms in total. The predicted molar refractivity (Wildman–Crippen MR) is 144 cm³/mol. The van der Waals surface area contributed by atoms with E-state index < -0.39 is 29.2 Å². The molecule has 2 rings (SSSR count). The van der Waals surface area contributed by atoms with Gasteiger partial charge >= 0.3 is 18.4 Å². The number of rotatable bonds is 10. The molecule has 0 fully saturated rings. The molecule has 0 saturated heterocycles. The highest BCUT2D eigenvalue weighted by Crippen LogP contribution is 2.34. The van der Waals surface area contributed by atoms with Gasteiger partial charge < -0.3 is 23.7 Å². The maximum Gasteiger partial charge on any atom is 0.410 e. The number of hydrogen-bond acceptors (Lipinski definition) is 8. The van der Waals surface area contributed by atoms with E-state index in [0.717, 1.165) is 12.0 Å². The van der Waals surface area contributed by atoms with Gasteiger partial charge in [-0.15, -0.1) is 0 Å². The van der Waals surface area contributed by atoms with E-state index in [1.54, 1.807) is 74.0 Å². The van der Waals surface area contributed by atoms with Crippen molar-refractivity contribution in [2.75, 3.05) is 14.2 Å². The third-order valence-electron chi connectivity index (χ3n) is 5.45. The number of methoxy groups -OCH3 is 2. The highest BCUT2D eigenvalue weighted by Gasteiger charge is 2.32. The molecule has 206 valence electrons. The van der Waals surface area contributed by atoms with Gasteiger partial charge in [-0.2, -0.15) is 0 Å². The van der Waals surface area contributed by atoms with Crippen LogP contribution < -0.4 is 14.2 Å². The van der Waals surface area contributed by atoms with Gasteiger partial charge in [-0.1, -0.05) is 13.0 Å². The zero-order chi connectivity index (χ0) is 28.7. The first-order chi connectivity index (χ1) is 17.7. The molecule has 0 aromatic heterocycles. The third-order valence-corrected chi connectivity index (χ3v) is 5.45. The van der Waals surface area contributed by atoms with Crippen LogP contribution in [-0.2, 0) is 25.5 Å². The van der Waals surface area contributed by atoms with E-state index in [-0.39, 0.29) is 11.5 Å². The summed E-state index contributed by atoms with van der Waals surface area (Å²) in [5.41, 5.74) is 0.400. The zero-order valence-corrected chi connectivity index (χ0v) is 23.7.